The zero-order valence-corrected chi connectivity index (χ0v) is 12.4. The minimum absolute atomic E-state index is 0.158. The van der Waals surface area contributed by atoms with Crippen LogP contribution in [0.1, 0.15) is 32.8 Å². The van der Waals surface area contributed by atoms with E-state index >= 15 is 0 Å². The summed E-state index contributed by atoms with van der Waals surface area (Å²) in [5.74, 6) is 1.63. The van der Waals surface area contributed by atoms with E-state index in [0.29, 0.717) is 13.0 Å². The molecule has 4 heteroatoms. The number of benzene rings is 1. The van der Waals surface area contributed by atoms with Crippen LogP contribution < -0.4 is 14.8 Å². The standard InChI is InChI=1S/C16H22N2O2/c1-4-18-13(11-17)8-9-19-14-7-5-6-12-10-16(2,3)20-15(12)14/h5-7,13,18H,4,8-10H2,1-3H3. The molecule has 20 heavy (non-hydrogen) atoms. The SMILES string of the molecule is CCNC(C#N)CCOc1cccc2c1OC(C)(C)C2. The lowest BCUT2D eigenvalue weighted by Gasteiger charge is -2.18. The molecule has 0 aliphatic carbocycles. The number of nitriles is 1. The van der Waals surface area contributed by atoms with Crippen molar-refractivity contribution in [1.82, 2.24) is 5.32 Å². The van der Waals surface area contributed by atoms with Crippen LogP contribution in [0.2, 0.25) is 0 Å². The topological polar surface area (TPSA) is 54.3 Å². The fraction of sp³-hybridized carbons (Fsp3) is 0.562. The highest BCUT2D eigenvalue weighted by molar-refractivity contribution is 5.50. The van der Waals surface area contributed by atoms with Gasteiger partial charge in [0.05, 0.1) is 18.7 Å². The lowest BCUT2D eigenvalue weighted by Crippen LogP contribution is -2.29. The van der Waals surface area contributed by atoms with Gasteiger partial charge in [0.15, 0.2) is 11.5 Å². The number of hydrogen-bond donors (Lipinski definition) is 1. The predicted molar refractivity (Wildman–Crippen MR) is 78.0 cm³/mol. The van der Waals surface area contributed by atoms with E-state index in [9.17, 15) is 0 Å². The highest BCUT2D eigenvalue weighted by Gasteiger charge is 2.32. The molecule has 0 aromatic heterocycles. The van der Waals surface area contributed by atoms with Gasteiger partial charge in [0.1, 0.15) is 5.60 Å². The smallest absolute Gasteiger partial charge is 0.165 e. The number of para-hydroxylation sites is 1. The summed E-state index contributed by atoms with van der Waals surface area (Å²) in [5.41, 5.74) is 1.02. The average molecular weight is 274 g/mol. The highest BCUT2D eigenvalue weighted by Crippen LogP contribution is 2.41. The van der Waals surface area contributed by atoms with E-state index in [4.69, 9.17) is 14.7 Å². The van der Waals surface area contributed by atoms with E-state index in [0.717, 1.165) is 24.5 Å². The monoisotopic (exact) mass is 274 g/mol. The number of nitrogens with zero attached hydrogens (tertiary/aromatic N) is 1. The second-order valence-corrected chi connectivity index (χ2v) is 5.66. The molecular weight excluding hydrogens is 252 g/mol. The van der Waals surface area contributed by atoms with Gasteiger partial charge in [-0.25, -0.2) is 0 Å². The van der Waals surface area contributed by atoms with Crippen LogP contribution in [0.5, 0.6) is 11.5 Å². The van der Waals surface area contributed by atoms with Crippen LogP contribution in [0, 0.1) is 11.3 Å². The first-order chi connectivity index (χ1) is 9.55. The van der Waals surface area contributed by atoms with Crippen molar-refractivity contribution in [3.8, 4) is 17.6 Å². The van der Waals surface area contributed by atoms with Gasteiger partial charge >= 0.3 is 0 Å². The first-order valence-corrected chi connectivity index (χ1v) is 7.12. The molecule has 0 amide bonds. The van der Waals surface area contributed by atoms with E-state index in [1.54, 1.807) is 0 Å². The number of rotatable bonds is 6. The van der Waals surface area contributed by atoms with Gasteiger partial charge in [0.2, 0.25) is 0 Å². The Morgan fingerprint density at radius 2 is 2.30 bits per heavy atom. The van der Waals surface area contributed by atoms with Gasteiger partial charge in [-0.15, -0.1) is 0 Å². The Labute approximate surface area is 120 Å². The van der Waals surface area contributed by atoms with Gasteiger partial charge in [-0.1, -0.05) is 19.1 Å². The van der Waals surface area contributed by atoms with Crippen molar-refractivity contribution < 1.29 is 9.47 Å². The molecule has 0 fully saturated rings. The summed E-state index contributed by atoms with van der Waals surface area (Å²) in [4.78, 5) is 0. The molecule has 1 aliphatic heterocycles. The van der Waals surface area contributed by atoms with Crippen molar-refractivity contribution in [1.29, 1.82) is 5.26 Å². The number of hydrogen-bond acceptors (Lipinski definition) is 4. The summed E-state index contributed by atoms with van der Waals surface area (Å²) in [7, 11) is 0. The maximum atomic E-state index is 8.99. The third-order valence-corrected chi connectivity index (χ3v) is 3.33. The van der Waals surface area contributed by atoms with Crippen molar-refractivity contribution in [3.63, 3.8) is 0 Å². The van der Waals surface area contributed by atoms with Gasteiger partial charge < -0.3 is 14.8 Å². The minimum Gasteiger partial charge on any atom is -0.490 e. The molecule has 1 unspecified atom stereocenters. The lowest BCUT2D eigenvalue weighted by molar-refractivity contribution is 0.132. The molecule has 0 saturated carbocycles. The summed E-state index contributed by atoms with van der Waals surface area (Å²) < 4.78 is 11.8. The maximum absolute atomic E-state index is 8.99. The molecule has 0 radical (unpaired) electrons. The molecule has 2 rings (SSSR count). The Kier molecular flexibility index (Phi) is 4.51. The molecule has 0 saturated heterocycles. The van der Waals surface area contributed by atoms with E-state index < -0.39 is 0 Å². The van der Waals surface area contributed by atoms with E-state index in [1.807, 2.05) is 19.1 Å². The predicted octanol–water partition coefficient (Wildman–Crippen LogP) is 2.67. The van der Waals surface area contributed by atoms with Crippen molar-refractivity contribution in [2.24, 2.45) is 0 Å². The summed E-state index contributed by atoms with van der Waals surface area (Å²) in [5, 5.41) is 12.1. The van der Waals surface area contributed by atoms with Crippen LogP contribution in [0.3, 0.4) is 0 Å². The van der Waals surface area contributed by atoms with Crippen LogP contribution in [0.25, 0.3) is 0 Å². The Morgan fingerprint density at radius 3 is 3.00 bits per heavy atom. The van der Waals surface area contributed by atoms with Crippen molar-refractivity contribution in [3.05, 3.63) is 23.8 Å². The van der Waals surface area contributed by atoms with Gasteiger partial charge in [-0.05, 0) is 26.5 Å². The fourth-order valence-corrected chi connectivity index (χ4v) is 2.45. The Bertz CT molecular complexity index is 506. The van der Waals surface area contributed by atoms with Gasteiger partial charge in [0.25, 0.3) is 0 Å². The normalized spacial score (nSPS) is 16.9. The van der Waals surface area contributed by atoms with Crippen LogP contribution in [0.15, 0.2) is 18.2 Å². The third-order valence-electron chi connectivity index (χ3n) is 3.33. The first-order valence-electron chi connectivity index (χ1n) is 7.12. The van der Waals surface area contributed by atoms with E-state index in [1.165, 1.54) is 5.56 Å². The van der Waals surface area contributed by atoms with Gasteiger partial charge in [-0.3, -0.25) is 0 Å². The van der Waals surface area contributed by atoms with E-state index in [2.05, 4.69) is 31.3 Å². The summed E-state index contributed by atoms with van der Waals surface area (Å²) in [6.45, 7) is 7.44. The van der Waals surface area contributed by atoms with Gasteiger partial charge in [0, 0.05) is 18.4 Å². The summed E-state index contributed by atoms with van der Waals surface area (Å²) in [6, 6.07) is 8.07. The summed E-state index contributed by atoms with van der Waals surface area (Å²) in [6.07, 6.45) is 1.56. The molecule has 108 valence electrons. The van der Waals surface area contributed by atoms with Crippen LogP contribution in [-0.4, -0.2) is 24.8 Å². The molecule has 1 aliphatic rings. The largest absolute Gasteiger partial charge is 0.490 e. The van der Waals surface area contributed by atoms with E-state index in [-0.39, 0.29) is 11.6 Å². The van der Waals surface area contributed by atoms with Gasteiger partial charge in [-0.2, -0.15) is 5.26 Å². The minimum atomic E-state index is -0.166. The second-order valence-electron chi connectivity index (χ2n) is 5.66. The lowest BCUT2D eigenvalue weighted by atomic mass is 10.0. The zero-order chi connectivity index (χ0) is 14.6. The molecule has 4 nitrogen and oxygen atoms in total. The molecule has 1 heterocycles. The first kappa shape index (κ1) is 14.7. The molecule has 1 atom stereocenters. The van der Waals surface area contributed by atoms with Crippen LogP contribution in [0.4, 0.5) is 0 Å². The Morgan fingerprint density at radius 1 is 1.50 bits per heavy atom. The van der Waals surface area contributed by atoms with Crippen LogP contribution >= 0.6 is 0 Å². The number of fused-ring (bicyclic) bond motifs is 1. The Balaban J connectivity index is 1.96. The molecule has 1 aromatic rings. The molecule has 0 spiro atoms. The molecule has 1 aromatic carbocycles. The Hall–Kier alpha value is -1.73. The molecule has 1 N–H and O–H groups in total. The van der Waals surface area contributed by atoms with Crippen molar-refractivity contribution >= 4 is 0 Å². The second kappa shape index (κ2) is 6.15. The quantitative estimate of drug-likeness (QED) is 0.866. The average Bonchev–Trinajstić information content (AvgIpc) is 2.72. The highest BCUT2D eigenvalue weighted by atomic mass is 16.5. The third kappa shape index (κ3) is 3.43. The zero-order valence-electron chi connectivity index (χ0n) is 12.4. The molecular formula is C16H22N2O2. The number of ether oxygens (including phenoxy) is 2. The molecule has 0 bridgehead atoms. The maximum Gasteiger partial charge on any atom is 0.165 e. The summed E-state index contributed by atoms with van der Waals surface area (Å²) >= 11 is 0. The van der Waals surface area contributed by atoms with Crippen molar-refractivity contribution in [2.45, 2.75) is 45.3 Å². The van der Waals surface area contributed by atoms with Crippen molar-refractivity contribution in [2.75, 3.05) is 13.2 Å². The van der Waals surface area contributed by atoms with Crippen LogP contribution in [-0.2, 0) is 6.42 Å². The fourth-order valence-electron chi connectivity index (χ4n) is 2.45. The number of nitrogens with one attached hydrogen (secondary N) is 1.